The van der Waals surface area contributed by atoms with E-state index in [1.165, 1.54) is 0 Å². The third-order valence-corrected chi connectivity index (χ3v) is 4.38. The van der Waals surface area contributed by atoms with Gasteiger partial charge in [0.05, 0.1) is 12.5 Å². The molecule has 2 rings (SSSR count). The Morgan fingerprint density at radius 2 is 2.12 bits per heavy atom. The molecule has 0 amide bonds. The van der Waals surface area contributed by atoms with Crippen molar-refractivity contribution in [2.75, 3.05) is 44.6 Å². The smallest absolute Gasteiger partial charge is 0.310 e. The van der Waals surface area contributed by atoms with Gasteiger partial charge >= 0.3 is 5.97 Å². The van der Waals surface area contributed by atoms with Crippen LogP contribution in [0.2, 0.25) is 0 Å². The Hall–Kier alpha value is -2.24. The predicted octanol–water partition coefficient (Wildman–Crippen LogP) is 2.73. The summed E-state index contributed by atoms with van der Waals surface area (Å²) in [6.45, 7) is 8.45. The van der Waals surface area contributed by atoms with Gasteiger partial charge in [-0.3, -0.25) is 9.79 Å². The molecule has 0 saturated carbocycles. The summed E-state index contributed by atoms with van der Waals surface area (Å²) < 4.78 is 5.19. The molecule has 1 aliphatic rings. The molecule has 0 spiro atoms. The SMILES string of the molecule is CCNC(=NCCCNc1ccccc1)N1CCCC(C(=O)OCC)C1. The standard InChI is InChI=1S/C20H32N4O2/c1-3-21-20(23-14-9-13-22-18-11-6-5-7-12-18)24-15-8-10-17(16-24)19(25)26-4-2/h5-7,11-12,17,22H,3-4,8-10,13-16H2,1-2H3,(H,21,23). The number of ether oxygens (including phenoxy) is 1. The van der Waals surface area contributed by atoms with Crippen LogP contribution >= 0.6 is 0 Å². The fraction of sp³-hybridized carbons (Fsp3) is 0.600. The van der Waals surface area contributed by atoms with E-state index in [-0.39, 0.29) is 11.9 Å². The lowest BCUT2D eigenvalue weighted by Gasteiger charge is -2.34. The van der Waals surface area contributed by atoms with Crippen LogP contribution in [0, 0.1) is 5.92 Å². The molecule has 0 radical (unpaired) electrons. The fourth-order valence-corrected chi connectivity index (χ4v) is 3.10. The van der Waals surface area contributed by atoms with Crippen LogP contribution in [0.3, 0.4) is 0 Å². The summed E-state index contributed by atoms with van der Waals surface area (Å²) in [6, 6.07) is 10.2. The van der Waals surface area contributed by atoms with Crippen molar-refractivity contribution >= 4 is 17.6 Å². The maximum Gasteiger partial charge on any atom is 0.310 e. The summed E-state index contributed by atoms with van der Waals surface area (Å²) in [4.78, 5) is 19.0. The van der Waals surface area contributed by atoms with Gasteiger partial charge in [0.1, 0.15) is 0 Å². The van der Waals surface area contributed by atoms with Crippen LogP contribution in [-0.2, 0) is 9.53 Å². The van der Waals surface area contributed by atoms with Crippen molar-refractivity contribution < 1.29 is 9.53 Å². The molecular formula is C20H32N4O2. The van der Waals surface area contributed by atoms with E-state index >= 15 is 0 Å². The molecular weight excluding hydrogens is 328 g/mol. The van der Waals surface area contributed by atoms with Crippen LogP contribution in [0.15, 0.2) is 35.3 Å². The first-order valence-electron chi connectivity index (χ1n) is 9.73. The quantitative estimate of drug-likeness (QED) is 0.323. The van der Waals surface area contributed by atoms with Crippen molar-refractivity contribution in [3.63, 3.8) is 0 Å². The van der Waals surface area contributed by atoms with Crippen LogP contribution < -0.4 is 10.6 Å². The van der Waals surface area contributed by atoms with E-state index in [1.54, 1.807) is 0 Å². The molecule has 1 saturated heterocycles. The number of benzene rings is 1. The number of likely N-dealkylation sites (tertiary alicyclic amines) is 1. The topological polar surface area (TPSA) is 66.0 Å². The molecule has 144 valence electrons. The van der Waals surface area contributed by atoms with Crippen LogP contribution in [0.4, 0.5) is 5.69 Å². The van der Waals surface area contributed by atoms with Crippen molar-refractivity contribution in [3.05, 3.63) is 30.3 Å². The molecule has 1 aromatic rings. The molecule has 0 aromatic heterocycles. The van der Waals surface area contributed by atoms with E-state index in [0.717, 1.165) is 57.1 Å². The second-order valence-corrected chi connectivity index (χ2v) is 6.42. The summed E-state index contributed by atoms with van der Waals surface area (Å²) in [7, 11) is 0. The van der Waals surface area contributed by atoms with E-state index in [2.05, 4.69) is 34.6 Å². The first-order chi connectivity index (χ1) is 12.7. The highest BCUT2D eigenvalue weighted by Crippen LogP contribution is 2.18. The number of aliphatic imine (C=N–C) groups is 1. The molecule has 2 N–H and O–H groups in total. The highest BCUT2D eigenvalue weighted by molar-refractivity contribution is 5.81. The number of nitrogens with zero attached hydrogens (tertiary/aromatic N) is 2. The summed E-state index contributed by atoms with van der Waals surface area (Å²) in [6.07, 6.45) is 2.85. The number of para-hydroxylation sites is 1. The second kappa shape index (κ2) is 11.4. The molecule has 6 heteroatoms. The number of carbonyl (C=O) groups excluding carboxylic acids is 1. The Bertz CT molecular complexity index is 562. The molecule has 0 aliphatic carbocycles. The summed E-state index contributed by atoms with van der Waals surface area (Å²) >= 11 is 0. The number of piperidine rings is 1. The monoisotopic (exact) mass is 360 g/mol. The van der Waals surface area contributed by atoms with Crippen molar-refractivity contribution in [1.82, 2.24) is 10.2 Å². The Balaban J connectivity index is 1.82. The van der Waals surface area contributed by atoms with Crippen molar-refractivity contribution in [1.29, 1.82) is 0 Å². The molecule has 1 fully saturated rings. The lowest BCUT2D eigenvalue weighted by atomic mass is 9.98. The minimum absolute atomic E-state index is 0.0488. The molecule has 26 heavy (non-hydrogen) atoms. The predicted molar refractivity (Wildman–Crippen MR) is 106 cm³/mol. The number of carbonyl (C=O) groups is 1. The molecule has 1 aromatic carbocycles. The van der Waals surface area contributed by atoms with Gasteiger partial charge in [0, 0.05) is 38.4 Å². The van der Waals surface area contributed by atoms with Crippen LogP contribution in [-0.4, -0.2) is 56.2 Å². The number of rotatable bonds is 8. The van der Waals surface area contributed by atoms with Crippen LogP contribution in [0.25, 0.3) is 0 Å². The Kier molecular flexibility index (Phi) is 8.79. The lowest BCUT2D eigenvalue weighted by Crippen LogP contribution is -2.48. The Morgan fingerprint density at radius 3 is 2.85 bits per heavy atom. The minimum Gasteiger partial charge on any atom is -0.466 e. The molecule has 1 aliphatic heterocycles. The Labute approximate surface area is 157 Å². The minimum atomic E-state index is -0.0832. The summed E-state index contributed by atoms with van der Waals surface area (Å²) in [5, 5.41) is 6.76. The van der Waals surface area contributed by atoms with E-state index in [9.17, 15) is 4.79 Å². The maximum absolute atomic E-state index is 12.0. The van der Waals surface area contributed by atoms with Gasteiger partial charge in [0.15, 0.2) is 5.96 Å². The summed E-state index contributed by atoms with van der Waals surface area (Å²) in [5.41, 5.74) is 1.14. The number of guanidine groups is 1. The van der Waals surface area contributed by atoms with Gasteiger partial charge in [-0.1, -0.05) is 18.2 Å². The average Bonchev–Trinajstić information content (AvgIpc) is 2.68. The van der Waals surface area contributed by atoms with Crippen molar-refractivity contribution in [2.24, 2.45) is 10.9 Å². The number of nitrogens with one attached hydrogen (secondary N) is 2. The Morgan fingerprint density at radius 1 is 1.31 bits per heavy atom. The van der Waals surface area contributed by atoms with Gasteiger partial charge in [0.2, 0.25) is 0 Å². The average molecular weight is 361 g/mol. The third-order valence-electron chi connectivity index (χ3n) is 4.38. The third kappa shape index (κ3) is 6.58. The van der Waals surface area contributed by atoms with Gasteiger partial charge < -0.3 is 20.3 Å². The molecule has 0 bridgehead atoms. The van der Waals surface area contributed by atoms with Gasteiger partial charge in [-0.2, -0.15) is 0 Å². The van der Waals surface area contributed by atoms with Crippen LogP contribution in [0.1, 0.15) is 33.1 Å². The second-order valence-electron chi connectivity index (χ2n) is 6.42. The number of anilines is 1. The largest absolute Gasteiger partial charge is 0.466 e. The zero-order valence-corrected chi connectivity index (χ0v) is 16.0. The van der Waals surface area contributed by atoms with Crippen LogP contribution in [0.5, 0.6) is 0 Å². The van der Waals surface area contributed by atoms with Crippen molar-refractivity contribution in [2.45, 2.75) is 33.1 Å². The van der Waals surface area contributed by atoms with Gasteiger partial charge in [-0.05, 0) is 45.2 Å². The first kappa shape index (κ1) is 20.1. The van der Waals surface area contributed by atoms with Crippen molar-refractivity contribution in [3.8, 4) is 0 Å². The zero-order chi connectivity index (χ0) is 18.6. The van der Waals surface area contributed by atoms with E-state index in [0.29, 0.717) is 13.2 Å². The van der Waals surface area contributed by atoms with E-state index < -0.39 is 0 Å². The highest BCUT2D eigenvalue weighted by Gasteiger charge is 2.28. The van der Waals surface area contributed by atoms with Gasteiger partial charge in [0.25, 0.3) is 0 Å². The highest BCUT2D eigenvalue weighted by atomic mass is 16.5. The molecule has 6 nitrogen and oxygen atoms in total. The number of hydrogen-bond acceptors (Lipinski definition) is 4. The summed E-state index contributed by atoms with van der Waals surface area (Å²) in [5.74, 6) is 0.772. The van der Waals surface area contributed by atoms with E-state index in [1.807, 2.05) is 25.1 Å². The number of esters is 1. The first-order valence-corrected chi connectivity index (χ1v) is 9.73. The molecule has 1 heterocycles. The lowest BCUT2D eigenvalue weighted by molar-refractivity contribution is -0.149. The fourth-order valence-electron chi connectivity index (χ4n) is 3.10. The molecule has 1 unspecified atom stereocenters. The normalized spacial score (nSPS) is 17.7. The maximum atomic E-state index is 12.0. The molecule has 1 atom stereocenters. The van der Waals surface area contributed by atoms with E-state index in [4.69, 9.17) is 9.73 Å². The zero-order valence-electron chi connectivity index (χ0n) is 16.0. The number of hydrogen-bond donors (Lipinski definition) is 2. The van der Waals surface area contributed by atoms with Gasteiger partial charge in [-0.25, -0.2) is 0 Å². The van der Waals surface area contributed by atoms with Gasteiger partial charge in [-0.15, -0.1) is 0 Å².